The number of hydrogen-bond donors (Lipinski definition) is 1. The Morgan fingerprint density at radius 3 is 2.35 bits per heavy atom. The van der Waals surface area contributed by atoms with Crippen LogP contribution in [0.15, 0.2) is 24.3 Å². The van der Waals surface area contributed by atoms with Crippen LogP contribution in [0.3, 0.4) is 0 Å². The van der Waals surface area contributed by atoms with Crippen molar-refractivity contribution in [1.29, 1.82) is 0 Å². The van der Waals surface area contributed by atoms with Gasteiger partial charge in [-0.2, -0.15) is 0 Å². The van der Waals surface area contributed by atoms with Gasteiger partial charge in [0.15, 0.2) is 0 Å². The minimum absolute atomic E-state index is 0.0450. The number of nitrogens with zero attached hydrogens (tertiary/aromatic N) is 1. The Labute approximate surface area is 117 Å². The minimum Gasteiger partial charge on any atom is -0.480 e. The smallest absolute Gasteiger partial charge is 0.323 e. The minimum atomic E-state index is -1.04. The summed E-state index contributed by atoms with van der Waals surface area (Å²) in [6.45, 7) is 3.85. The van der Waals surface area contributed by atoms with Crippen molar-refractivity contribution in [2.75, 3.05) is 6.54 Å². The molecule has 0 spiro atoms. The highest BCUT2D eigenvalue weighted by molar-refractivity contribution is 5.85. The van der Waals surface area contributed by atoms with E-state index in [9.17, 15) is 14.0 Å². The molecule has 1 atom stereocenters. The van der Waals surface area contributed by atoms with Gasteiger partial charge in [0.2, 0.25) is 5.91 Å². The summed E-state index contributed by atoms with van der Waals surface area (Å²) in [7, 11) is 0. The van der Waals surface area contributed by atoms with E-state index >= 15 is 0 Å². The van der Waals surface area contributed by atoms with Gasteiger partial charge >= 0.3 is 5.97 Å². The molecule has 108 valence electrons. The highest BCUT2D eigenvalue weighted by Gasteiger charge is 2.52. The van der Waals surface area contributed by atoms with Gasteiger partial charge < -0.3 is 10.0 Å². The van der Waals surface area contributed by atoms with Gasteiger partial charge in [0, 0.05) is 12.5 Å². The van der Waals surface area contributed by atoms with Crippen molar-refractivity contribution in [1.82, 2.24) is 4.90 Å². The summed E-state index contributed by atoms with van der Waals surface area (Å²) in [4.78, 5) is 24.6. The Hall–Kier alpha value is -1.91. The summed E-state index contributed by atoms with van der Waals surface area (Å²) >= 11 is 0. The van der Waals surface area contributed by atoms with E-state index in [1.807, 2.05) is 13.8 Å². The van der Waals surface area contributed by atoms with Crippen LogP contribution in [0.5, 0.6) is 0 Å². The van der Waals surface area contributed by atoms with Crippen LogP contribution in [0.2, 0.25) is 0 Å². The molecule has 1 aromatic carbocycles. The van der Waals surface area contributed by atoms with Gasteiger partial charge in [0.1, 0.15) is 12.4 Å². The van der Waals surface area contributed by atoms with Gasteiger partial charge in [-0.3, -0.25) is 9.59 Å². The average molecular weight is 279 g/mol. The Balaban J connectivity index is 2.09. The summed E-state index contributed by atoms with van der Waals surface area (Å²) < 4.78 is 12.9. The number of amides is 1. The second-order valence-electron chi connectivity index (χ2n) is 5.96. The predicted molar refractivity (Wildman–Crippen MR) is 71.3 cm³/mol. The lowest BCUT2D eigenvalue weighted by molar-refractivity contribution is -0.145. The van der Waals surface area contributed by atoms with Crippen molar-refractivity contribution in [2.24, 2.45) is 11.3 Å². The molecule has 1 aliphatic carbocycles. The number of carboxylic acids is 1. The number of benzene rings is 1. The fourth-order valence-electron chi connectivity index (χ4n) is 2.29. The lowest BCUT2D eigenvalue weighted by Gasteiger charge is -2.21. The standard InChI is InChI=1S/C15H18FNO3/c1-15(2)7-12(15)14(20)17(9-13(18)19)8-10-3-5-11(16)6-4-10/h3-6,12H,7-9H2,1-2H3,(H,18,19)/t12-/m1/s1. The first kappa shape index (κ1) is 14.5. The zero-order valence-corrected chi connectivity index (χ0v) is 11.6. The van der Waals surface area contributed by atoms with E-state index in [-0.39, 0.29) is 36.1 Å². The normalized spacial score (nSPS) is 19.4. The van der Waals surface area contributed by atoms with E-state index in [0.717, 1.165) is 12.0 Å². The first-order chi connectivity index (χ1) is 9.29. The molecule has 0 aromatic heterocycles. The summed E-state index contributed by atoms with van der Waals surface area (Å²) in [5, 5.41) is 8.93. The topological polar surface area (TPSA) is 57.6 Å². The number of carbonyl (C=O) groups excluding carboxylic acids is 1. The van der Waals surface area contributed by atoms with Crippen LogP contribution in [0.1, 0.15) is 25.8 Å². The molecular weight excluding hydrogens is 261 g/mol. The molecule has 0 heterocycles. The molecule has 1 N–H and O–H groups in total. The number of rotatable bonds is 5. The van der Waals surface area contributed by atoms with E-state index in [0.29, 0.717) is 0 Å². The van der Waals surface area contributed by atoms with Gasteiger partial charge in [0.05, 0.1) is 0 Å². The molecule has 1 aromatic rings. The lowest BCUT2D eigenvalue weighted by Crippen LogP contribution is -2.37. The monoisotopic (exact) mass is 279 g/mol. The SMILES string of the molecule is CC1(C)C[C@@H]1C(=O)N(CC(=O)O)Cc1ccc(F)cc1. The summed E-state index contributed by atoms with van der Waals surface area (Å²) in [6.07, 6.45) is 0.783. The van der Waals surface area contributed by atoms with Crippen molar-refractivity contribution in [3.8, 4) is 0 Å². The molecule has 0 aliphatic heterocycles. The van der Waals surface area contributed by atoms with E-state index in [2.05, 4.69) is 0 Å². The molecule has 2 rings (SSSR count). The quantitative estimate of drug-likeness (QED) is 0.899. The molecule has 1 fully saturated rings. The first-order valence-corrected chi connectivity index (χ1v) is 6.54. The Morgan fingerprint density at radius 2 is 1.90 bits per heavy atom. The molecular formula is C15H18FNO3. The Morgan fingerprint density at radius 1 is 1.35 bits per heavy atom. The number of carboxylic acid groups (broad SMARTS) is 1. The maximum absolute atomic E-state index is 12.9. The fraction of sp³-hybridized carbons (Fsp3) is 0.467. The molecule has 0 bridgehead atoms. The van der Waals surface area contributed by atoms with Crippen molar-refractivity contribution in [3.63, 3.8) is 0 Å². The molecule has 4 nitrogen and oxygen atoms in total. The summed E-state index contributed by atoms with van der Waals surface area (Å²) in [5.41, 5.74) is 0.677. The van der Waals surface area contributed by atoms with Crippen LogP contribution in [0, 0.1) is 17.2 Å². The molecule has 1 amide bonds. The van der Waals surface area contributed by atoms with Crippen molar-refractivity contribution >= 4 is 11.9 Å². The predicted octanol–water partition coefficient (Wildman–Crippen LogP) is 2.29. The third kappa shape index (κ3) is 3.35. The molecule has 20 heavy (non-hydrogen) atoms. The van der Waals surface area contributed by atoms with Gasteiger partial charge in [0.25, 0.3) is 0 Å². The Kier molecular flexibility index (Phi) is 3.79. The van der Waals surface area contributed by atoms with E-state index in [4.69, 9.17) is 5.11 Å². The second kappa shape index (κ2) is 5.23. The average Bonchev–Trinajstić information content (AvgIpc) is 2.99. The lowest BCUT2D eigenvalue weighted by atomic mass is 10.1. The fourth-order valence-corrected chi connectivity index (χ4v) is 2.29. The largest absolute Gasteiger partial charge is 0.480 e. The molecule has 5 heteroatoms. The first-order valence-electron chi connectivity index (χ1n) is 6.54. The summed E-state index contributed by atoms with van der Waals surface area (Å²) in [5.74, 6) is -1.64. The highest BCUT2D eigenvalue weighted by atomic mass is 19.1. The third-order valence-corrected chi connectivity index (χ3v) is 3.74. The van der Waals surface area contributed by atoms with E-state index in [1.54, 1.807) is 12.1 Å². The van der Waals surface area contributed by atoms with Gasteiger partial charge in [-0.1, -0.05) is 26.0 Å². The molecule has 0 saturated heterocycles. The summed E-state index contributed by atoms with van der Waals surface area (Å²) in [6, 6.07) is 5.74. The maximum Gasteiger partial charge on any atom is 0.323 e. The maximum atomic E-state index is 12.9. The van der Waals surface area contributed by atoms with Crippen LogP contribution in [0.4, 0.5) is 4.39 Å². The van der Waals surface area contributed by atoms with Gasteiger partial charge in [-0.05, 0) is 29.5 Å². The van der Waals surface area contributed by atoms with E-state index in [1.165, 1.54) is 17.0 Å². The molecule has 1 saturated carbocycles. The second-order valence-corrected chi connectivity index (χ2v) is 5.96. The van der Waals surface area contributed by atoms with Crippen molar-refractivity contribution < 1.29 is 19.1 Å². The van der Waals surface area contributed by atoms with Crippen LogP contribution >= 0.6 is 0 Å². The molecule has 0 radical (unpaired) electrons. The zero-order chi connectivity index (χ0) is 14.9. The van der Waals surface area contributed by atoms with E-state index < -0.39 is 5.97 Å². The third-order valence-electron chi connectivity index (χ3n) is 3.74. The number of hydrogen-bond acceptors (Lipinski definition) is 2. The van der Waals surface area contributed by atoms with Crippen LogP contribution in [-0.4, -0.2) is 28.4 Å². The van der Waals surface area contributed by atoms with Crippen LogP contribution in [-0.2, 0) is 16.1 Å². The molecule has 1 aliphatic rings. The number of halogens is 1. The highest BCUT2D eigenvalue weighted by Crippen LogP contribution is 2.52. The van der Waals surface area contributed by atoms with Gasteiger partial charge in [-0.15, -0.1) is 0 Å². The van der Waals surface area contributed by atoms with Crippen LogP contribution < -0.4 is 0 Å². The number of aliphatic carboxylic acids is 1. The van der Waals surface area contributed by atoms with Crippen molar-refractivity contribution in [3.05, 3.63) is 35.6 Å². The van der Waals surface area contributed by atoms with Crippen LogP contribution in [0.25, 0.3) is 0 Å². The molecule has 0 unspecified atom stereocenters. The van der Waals surface area contributed by atoms with Gasteiger partial charge in [-0.25, -0.2) is 4.39 Å². The Bertz CT molecular complexity index is 524. The zero-order valence-electron chi connectivity index (χ0n) is 11.6. The van der Waals surface area contributed by atoms with Crippen molar-refractivity contribution in [2.45, 2.75) is 26.8 Å². The number of carbonyl (C=O) groups is 2.